The summed E-state index contributed by atoms with van der Waals surface area (Å²) < 4.78 is 10.1. The maximum absolute atomic E-state index is 12.5. The number of hydrogen-bond donors (Lipinski definition) is 2. The van der Waals surface area contributed by atoms with Gasteiger partial charge in [0.15, 0.2) is 5.69 Å². The zero-order valence-electron chi connectivity index (χ0n) is 15.5. The number of nitrogens with one attached hydrogen (secondary N) is 2. The molecule has 0 aliphatic heterocycles. The van der Waals surface area contributed by atoms with Crippen LogP contribution < -0.4 is 15.4 Å². The summed E-state index contributed by atoms with van der Waals surface area (Å²) in [5, 5.41) is 9.38. The number of carbonyl (C=O) groups is 3. The molecule has 148 valence electrons. The van der Waals surface area contributed by atoms with E-state index >= 15 is 0 Å². The largest absolute Gasteiger partial charge is 0.489 e. The minimum absolute atomic E-state index is 0.00666. The van der Waals surface area contributed by atoms with E-state index in [0.717, 1.165) is 11.3 Å². The highest BCUT2D eigenvalue weighted by Gasteiger charge is 2.19. The quantitative estimate of drug-likeness (QED) is 0.669. The molecule has 0 atom stereocenters. The molecule has 2 rings (SSSR count). The van der Waals surface area contributed by atoms with Crippen molar-refractivity contribution < 1.29 is 23.9 Å². The number of imide groups is 1. The summed E-state index contributed by atoms with van der Waals surface area (Å²) in [6, 6.07) is 5.72. The Kier molecular flexibility index (Phi) is 7.21. The first-order valence-corrected chi connectivity index (χ1v) is 9.24. The highest BCUT2D eigenvalue weighted by molar-refractivity contribution is 7.14. The SMILES string of the molecule is CCOC(=O)NC(=O)c1ccsc1NC(=O)c1ccc(OC(C)C)c(N=O)c1. The lowest BCUT2D eigenvalue weighted by Gasteiger charge is -2.12. The lowest BCUT2D eigenvalue weighted by molar-refractivity contribution is 0.0926. The van der Waals surface area contributed by atoms with E-state index in [4.69, 9.17) is 4.74 Å². The first-order chi connectivity index (χ1) is 13.3. The molecule has 2 aromatic rings. The van der Waals surface area contributed by atoms with Crippen LogP contribution in [0.3, 0.4) is 0 Å². The molecule has 9 nitrogen and oxygen atoms in total. The van der Waals surface area contributed by atoms with Crippen molar-refractivity contribution in [3.05, 3.63) is 45.7 Å². The summed E-state index contributed by atoms with van der Waals surface area (Å²) in [4.78, 5) is 47.1. The smallest absolute Gasteiger partial charge is 0.414 e. The number of nitrogens with zero attached hydrogens (tertiary/aromatic N) is 1. The second-order valence-corrected chi connectivity index (χ2v) is 6.65. The molecule has 3 amide bonds. The molecule has 10 heteroatoms. The van der Waals surface area contributed by atoms with Gasteiger partial charge in [-0.2, -0.15) is 0 Å². The summed E-state index contributed by atoms with van der Waals surface area (Å²) in [7, 11) is 0. The van der Waals surface area contributed by atoms with E-state index in [1.807, 2.05) is 0 Å². The van der Waals surface area contributed by atoms with Gasteiger partial charge in [0.1, 0.15) is 10.8 Å². The number of thiophene rings is 1. The number of amides is 3. The summed E-state index contributed by atoms with van der Waals surface area (Å²) >= 11 is 1.11. The van der Waals surface area contributed by atoms with Crippen LogP contribution in [0.25, 0.3) is 0 Å². The fourth-order valence-electron chi connectivity index (χ4n) is 2.17. The zero-order chi connectivity index (χ0) is 20.7. The Bertz CT molecular complexity index is 893. The number of hydrogen-bond acceptors (Lipinski definition) is 8. The molecule has 0 saturated heterocycles. The van der Waals surface area contributed by atoms with E-state index in [1.165, 1.54) is 24.3 Å². The highest BCUT2D eigenvalue weighted by Crippen LogP contribution is 2.30. The van der Waals surface area contributed by atoms with Gasteiger partial charge in [-0.1, -0.05) is 0 Å². The van der Waals surface area contributed by atoms with Crippen LogP contribution in [-0.4, -0.2) is 30.6 Å². The summed E-state index contributed by atoms with van der Waals surface area (Å²) in [5.74, 6) is -0.980. The van der Waals surface area contributed by atoms with Gasteiger partial charge in [-0.15, -0.1) is 16.2 Å². The molecule has 0 saturated carbocycles. The molecule has 0 fully saturated rings. The van der Waals surface area contributed by atoms with E-state index < -0.39 is 17.9 Å². The van der Waals surface area contributed by atoms with Crippen molar-refractivity contribution in [1.29, 1.82) is 0 Å². The van der Waals surface area contributed by atoms with Crippen LogP contribution >= 0.6 is 11.3 Å². The van der Waals surface area contributed by atoms with Crippen molar-refractivity contribution in [2.45, 2.75) is 26.9 Å². The lowest BCUT2D eigenvalue weighted by atomic mass is 10.1. The van der Waals surface area contributed by atoms with Crippen LogP contribution in [0.15, 0.2) is 34.8 Å². The van der Waals surface area contributed by atoms with Gasteiger partial charge in [-0.05, 0) is 55.6 Å². The Labute approximate surface area is 165 Å². The lowest BCUT2D eigenvalue weighted by Crippen LogP contribution is -2.31. The monoisotopic (exact) mass is 405 g/mol. The van der Waals surface area contributed by atoms with Gasteiger partial charge < -0.3 is 14.8 Å². The molecule has 0 aliphatic rings. The minimum atomic E-state index is -0.876. The fraction of sp³-hybridized carbons (Fsp3) is 0.278. The van der Waals surface area contributed by atoms with Crippen molar-refractivity contribution in [3.8, 4) is 5.75 Å². The predicted molar refractivity (Wildman–Crippen MR) is 104 cm³/mol. The van der Waals surface area contributed by atoms with Gasteiger partial charge in [-0.3, -0.25) is 14.9 Å². The molecular weight excluding hydrogens is 386 g/mol. The standard InChI is InChI=1S/C18H19N3O6S/c1-4-26-18(24)20-16(23)12-7-8-28-17(12)19-15(22)11-5-6-14(27-10(2)3)13(9-11)21-25/h5-10H,4H2,1-3H3,(H,19,22)(H,20,23,24). The molecule has 0 unspecified atom stereocenters. The number of alkyl carbamates (subject to hydrolysis) is 1. The predicted octanol–water partition coefficient (Wildman–Crippen LogP) is 4.07. The van der Waals surface area contributed by atoms with Crippen molar-refractivity contribution in [2.75, 3.05) is 11.9 Å². The van der Waals surface area contributed by atoms with Crippen LogP contribution in [0.4, 0.5) is 15.5 Å². The molecule has 0 radical (unpaired) electrons. The Morgan fingerprint density at radius 2 is 1.93 bits per heavy atom. The van der Waals surface area contributed by atoms with E-state index in [1.54, 1.807) is 26.2 Å². The first-order valence-electron chi connectivity index (χ1n) is 8.36. The highest BCUT2D eigenvalue weighted by atomic mass is 32.1. The molecule has 0 aliphatic carbocycles. The maximum Gasteiger partial charge on any atom is 0.414 e. The normalized spacial score (nSPS) is 10.3. The van der Waals surface area contributed by atoms with Crippen molar-refractivity contribution in [1.82, 2.24) is 5.32 Å². The third-order valence-electron chi connectivity index (χ3n) is 3.31. The van der Waals surface area contributed by atoms with E-state index in [9.17, 15) is 19.3 Å². The molecule has 0 bridgehead atoms. The second-order valence-electron chi connectivity index (χ2n) is 5.73. The van der Waals surface area contributed by atoms with Crippen molar-refractivity contribution in [3.63, 3.8) is 0 Å². The third-order valence-corrected chi connectivity index (χ3v) is 4.14. The number of ether oxygens (including phenoxy) is 2. The maximum atomic E-state index is 12.5. The summed E-state index contributed by atoms with van der Waals surface area (Å²) in [5.41, 5.74) is 0.267. The molecule has 1 heterocycles. The Morgan fingerprint density at radius 1 is 1.18 bits per heavy atom. The molecule has 1 aromatic heterocycles. The third kappa shape index (κ3) is 5.36. The second kappa shape index (κ2) is 9.60. The van der Waals surface area contributed by atoms with Crippen LogP contribution in [0.2, 0.25) is 0 Å². The molecule has 0 spiro atoms. The molecular formula is C18H19N3O6S. The van der Waals surface area contributed by atoms with Gasteiger partial charge >= 0.3 is 6.09 Å². The van der Waals surface area contributed by atoms with Crippen LogP contribution in [0, 0.1) is 4.91 Å². The minimum Gasteiger partial charge on any atom is -0.489 e. The van der Waals surface area contributed by atoms with Crippen molar-refractivity contribution in [2.24, 2.45) is 5.18 Å². The Balaban J connectivity index is 2.16. The van der Waals surface area contributed by atoms with Gasteiger partial charge in [0.25, 0.3) is 11.8 Å². The van der Waals surface area contributed by atoms with E-state index in [-0.39, 0.29) is 40.3 Å². The van der Waals surface area contributed by atoms with Crippen molar-refractivity contribution >= 4 is 39.9 Å². The summed E-state index contributed by atoms with van der Waals surface area (Å²) in [6.45, 7) is 5.33. The van der Waals surface area contributed by atoms with E-state index in [0.29, 0.717) is 0 Å². The number of nitroso groups, excluding NO2 is 1. The van der Waals surface area contributed by atoms with Crippen LogP contribution in [-0.2, 0) is 4.74 Å². The Morgan fingerprint density at radius 3 is 2.57 bits per heavy atom. The van der Waals surface area contributed by atoms with Gasteiger partial charge in [-0.25, -0.2) is 4.79 Å². The van der Waals surface area contributed by atoms with Crippen LogP contribution in [0.1, 0.15) is 41.5 Å². The molecule has 2 N–H and O–H groups in total. The molecule has 28 heavy (non-hydrogen) atoms. The topological polar surface area (TPSA) is 123 Å². The van der Waals surface area contributed by atoms with Gasteiger partial charge in [0.05, 0.1) is 18.3 Å². The zero-order valence-corrected chi connectivity index (χ0v) is 16.3. The van der Waals surface area contributed by atoms with E-state index in [2.05, 4.69) is 20.5 Å². The number of carbonyl (C=O) groups excluding carboxylic acids is 3. The van der Waals surface area contributed by atoms with Gasteiger partial charge in [0.2, 0.25) is 0 Å². The average Bonchev–Trinajstić information content (AvgIpc) is 3.09. The number of anilines is 1. The number of benzene rings is 1. The Hall–Kier alpha value is -3.27. The average molecular weight is 405 g/mol. The van der Waals surface area contributed by atoms with Gasteiger partial charge in [0, 0.05) is 5.56 Å². The first kappa shape index (κ1) is 21.0. The fourth-order valence-corrected chi connectivity index (χ4v) is 2.95. The summed E-state index contributed by atoms with van der Waals surface area (Å²) in [6.07, 6.45) is -1.04. The number of rotatable bonds is 7. The van der Waals surface area contributed by atoms with Crippen LogP contribution in [0.5, 0.6) is 5.75 Å². The molecule has 1 aromatic carbocycles.